The Morgan fingerprint density at radius 1 is 1.47 bits per heavy atom. The molecular formula is C15H22NO. The van der Waals surface area contributed by atoms with E-state index in [1.165, 1.54) is 11.1 Å². The summed E-state index contributed by atoms with van der Waals surface area (Å²) in [6, 6.07) is 9.39. The number of hydrogen-bond acceptors (Lipinski definition) is 2. The maximum absolute atomic E-state index is 10.0. The molecule has 0 saturated carbocycles. The first kappa shape index (κ1) is 12.6. The molecule has 17 heavy (non-hydrogen) atoms. The fraction of sp³-hybridized carbons (Fsp3) is 0.600. The second-order valence-corrected chi connectivity index (χ2v) is 6.13. The van der Waals surface area contributed by atoms with Crippen molar-refractivity contribution in [2.24, 2.45) is 0 Å². The maximum Gasteiger partial charge on any atom is 0.0718 e. The Labute approximate surface area is 104 Å². The Morgan fingerprint density at radius 3 is 2.82 bits per heavy atom. The molecule has 0 bridgehead atoms. The highest BCUT2D eigenvalue weighted by molar-refractivity contribution is 5.35. The van der Waals surface area contributed by atoms with Gasteiger partial charge in [0.05, 0.1) is 5.60 Å². The zero-order chi connectivity index (χ0) is 12.7. The summed E-state index contributed by atoms with van der Waals surface area (Å²) < 4.78 is 0. The second kappa shape index (κ2) is 4.11. The standard InChI is InChI=1S/C15H22NO/c1-14(2,17)11-16-10-9-12-7-5-6-8-13(12)15(16,3)4/h6-8,17H,9-11H2,1-4H3. The third-order valence-corrected chi connectivity index (χ3v) is 3.63. The van der Waals surface area contributed by atoms with E-state index in [1.54, 1.807) is 0 Å². The molecule has 1 aromatic rings. The molecule has 1 heterocycles. The Hall–Kier alpha value is -0.860. The molecule has 0 aromatic heterocycles. The molecular weight excluding hydrogens is 210 g/mol. The summed E-state index contributed by atoms with van der Waals surface area (Å²) in [5, 5.41) is 10.0. The molecule has 1 radical (unpaired) electrons. The molecule has 93 valence electrons. The SMILES string of the molecule is CC(C)(O)CN1CCc2c[c]ccc2C1(C)C. The molecule has 0 amide bonds. The largest absolute Gasteiger partial charge is 0.389 e. The van der Waals surface area contributed by atoms with Crippen molar-refractivity contribution in [3.05, 3.63) is 35.4 Å². The first-order valence-electron chi connectivity index (χ1n) is 6.27. The minimum Gasteiger partial charge on any atom is -0.389 e. The van der Waals surface area contributed by atoms with Crippen molar-refractivity contribution < 1.29 is 5.11 Å². The van der Waals surface area contributed by atoms with Crippen molar-refractivity contribution in [3.8, 4) is 0 Å². The molecule has 1 aromatic carbocycles. The molecule has 0 aliphatic carbocycles. The van der Waals surface area contributed by atoms with Crippen LogP contribution in [0.2, 0.25) is 0 Å². The van der Waals surface area contributed by atoms with Gasteiger partial charge in [-0.3, -0.25) is 4.90 Å². The van der Waals surface area contributed by atoms with E-state index in [2.05, 4.69) is 36.9 Å². The first-order valence-corrected chi connectivity index (χ1v) is 6.27. The summed E-state index contributed by atoms with van der Waals surface area (Å²) in [6.45, 7) is 9.92. The van der Waals surface area contributed by atoms with E-state index in [-0.39, 0.29) is 5.54 Å². The van der Waals surface area contributed by atoms with Crippen molar-refractivity contribution in [3.63, 3.8) is 0 Å². The van der Waals surface area contributed by atoms with Gasteiger partial charge in [0.1, 0.15) is 0 Å². The molecule has 1 aliphatic rings. The van der Waals surface area contributed by atoms with Crippen LogP contribution >= 0.6 is 0 Å². The van der Waals surface area contributed by atoms with Crippen LogP contribution in [0.4, 0.5) is 0 Å². The molecule has 1 N–H and O–H groups in total. The highest BCUT2D eigenvalue weighted by Crippen LogP contribution is 2.35. The maximum atomic E-state index is 10.0. The Kier molecular flexibility index (Phi) is 3.04. The third-order valence-electron chi connectivity index (χ3n) is 3.63. The fourth-order valence-corrected chi connectivity index (χ4v) is 2.72. The second-order valence-electron chi connectivity index (χ2n) is 6.13. The van der Waals surface area contributed by atoms with Gasteiger partial charge in [-0.1, -0.05) is 18.2 Å². The van der Waals surface area contributed by atoms with E-state index in [1.807, 2.05) is 19.9 Å². The van der Waals surface area contributed by atoms with Crippen molar-refractivity contribution in [2.75, 3.05) is 13.1 Å². The highest BCUT2D eigenvalue weighted by atomic mass is 16.3. The predicted molar refractivity (Wildman–Crippen MR) is 69.9 cm³/mol. The predicted octanol–water partition coefficient (Wildman–Crippen LogP) is 2.35. The van der Waals surface area contributed by atoms with Gasteiger partial charge in [0.2, 0.25) is 0 Å². The van der Waals surface area contributed by atoms with Crippen molar-refractivity contribution >= 4 is 0 Å². The van der Waals surface area contributed by atoms with Crippen LogP contribution in [0.1, 0.15) is 38.8 Å². The van der Waals surface area contributed by atoms with E-state index >= 15 is 0 Å². The molecule has 0 fully saturated rings. The summed E-state index contributed by atoms with van der Waals surface area (Å²) in [6.07, 6.45) is 1.05. The van der Waals surface area contributed by atoms with E-state index < -0.39 is 5.60 Å². The highest BCUT2D eigenvalue weighted by Gasteiger charge is 2.36. The minimum atomic E-state index is -0.643. The topological polar surface area (TPSA) is 23.5 Å². The van der Waals surface area contributed by atoms with E-state index in [9.17, 15) is 5.11 Å². The average Bonchev–Trinajstić information content (AvgIpc) is 2.21. The van der Waals surface area contributed by atoms with Crippen LogP contribution in [-0.4, -0.2) is 28.7 Å². The Bertz CT molecular complexity index is 404. The lowest BCUT2D eigenvalue weighted by molar-refractivity contribution is -0.00739. The number of β-amino-alcohol motifs (C(OH)–C–C–N with tert-alkyl or cyclic N) is 1. The lowest BCUT2D eigenvalue weighted by Gasteiger charge is -2.46. The summed E-state index contributed by atoms with van der Waals surface area (Å²) >= 11 is 0. The lowest BCUT2D eigenvalue weighted by atomic mass is 9.82. The van der Waals surface area contributed by atoms with Crippen LogP contribution in [-0.2, 0) is 12.0 Å². The first-order chi connectivity index (χ1) is 7.81. The smallest absolute Gasteiger partial charge is 0.0718 e. The van der Waals surface area contributed by atoms with Crippen LogP contribution in [0.15, 0.2) is 18.2 Å². The molecule has 2 heteroatoms. The van der Waals surface area contributed by atoms with Crippen LogP contribution < -0.4 is 0 Å². The normalized spacial score (nSPS) is 20.1. The van der Waals surface area contributed by atoms with Gasteiger partial charge in [-0.25, -0.2) is 0 Å². The molecule has 0 unspecified atom stereocenters. The molecule has 2 rings (SSSR count). The molecule has 0 saturated heterocycles. The van der Waals surface area contributed by atoms with Crippen molar-refractivity contribution in [1.29, 1.82) is 0 Å². The van der Waals surface area contributed by atoms with Crippen LogP contribution in [0.5, 0.6) is 0 Å². The zero-order valence-electron chi connectivity index (χ0n) is 11.2. The van der Waals surface area contributed by atoms with Gasteiger partial charge in [0, 0.05) is 18.6 Å². The quantitative estimate of drug-likeness (QED) is 0.846. The van der Waals surface area contributed by atoms with E-state index in [4.69, 9.17) is 0 Å². The minimum absolute atomic E-state index is 0.0112. The summed E-state index contributed by atoms with van der Waals surface area (Å²) in [7, 11) is 0. The fourth-order valence-electron chi connectivity index (χ4n) is 2.72. The molecule has 1 aliphatic heterocycles. The van der Waals surface area contributed by atoms with Crippen molar-refractivity contribution in [1.82, 2.24) is 4.90 Å². The Balaban J connectivity index is 2.31. The molecule has 0 spiro atoms. The average molecular weight is 232 g/mol. The van der Waals surface area contributed by atoms with Crippen LogP contribution in [0, 0.1) is 6.07 Å². The van der Waals surface area contributed by atoms with E-state index in [0.29, 0.717) is 6.54 Å². The summed E-state index contributed by atoms with van der Waals surface area (Å²) in [4.78, 5) is 2.37. The summed E-state index contributed by atoms with van der Waals surface area (Å²) in [5.74, 6) is 0. The van der Waals surface area contributed by atoms with Crippen molar-refractivity contribution in [2.45, 2.75) is 45.3 Å². The van der Waals surface area contributed by atoms with Gasteiger partial charge in [-0.05, 0) is 51.3 Å². The number of hydrogen-bond donors (Lipinski definition) is 1. The number of benzene rings is 1. The number of nitrogens with zero attached hydrogens (tertiary/aromatic N) is 1. The molecule has 0 atom stereocenters. The van der Waals surface area contributed by atoms with Crippen LogP contribution in [0.3, 0.4) is 0 Å². The molecule has 2 nitrogen and oxygen atoms in total. The van der Waals surface area contributed by atoms with E-state index in [0.717, 1.165) is 13.0 Å². The van der Waals surface area contributed by atoms with Gasteiger partial charge >= 0.3 is 0 Å². The summed E-state index contributed by atoms with van der Waals surface area (Å²) in [5.41, 5.74) is 2.11. The number of rotatable bonds is 2. The van der Waals surface area contributed by atoms with Gasteiger partial charge in [0.25, 0.3) is 0 Å². The number of fused-ring (bicyclic) bond motifs is 1. The van der Waals surface area contributed by atoms with Gasteiger partial charge in [0.15, 0.2) is 0 Å². The third kappa shape index (κ3) is 2.53. The number of aliphatic hydroxyl groups is 1. The zero-order valence-corrected chi connectivity index (χ0v) is 11.2. The monoisotopic (exact) mass is 232 g/mol. The Morgan fingerprint density at radius 2 is 2.18 bits per heavy atom. The van der Waals surface area contributed by atoms with Gasteiger partial charge in [-0.2, -0.15) is 0 Å². The van der Waals surface area contributed by atoms with Gasteiger partial charge in [-0.15, -0.1) is 0 Å². The van der Waals surface area contributed by atoms with Gasteiger partial charge < -0.3 is 5.11 Å². The lowest BCUT2D eigenvalue weighted by Crippen LogP contribution is -2.51. The van der Waals surface area contributed by atoms with Crippen LogP contribution in [0.25, 0.3) is 0 Å².